The average Bonchev–Trinajstić information content (AvgIpc) is 2.72. The molecule has 0 fully saturated rings. The maximum Gasteiger partial charge on any atom is 0.321 e. The molecule has 0 aromatic heterocycles. The van der Waals surface area contributed by atoms with Gasteiger partial charge in [-0.15, -0.1) is 0 Å². The van der Waals surface area contributed by atoms with Gasteiger partial charge in [0.25, 0.3) is 0 Å². The highest BCUT2D eigenvalue weighted by Crippen LogP contribution is 2.17. The fourth-order valence-corrected chi connectivity index (χ4v) is 2.44. The minimum absolute atomic E-state index is 0.124. The smallest absolute Gasteiger partial charge is 0.321 e. The highest BCUT2D eigenvalue weighted by atomic mass is 16.5. The number of anilines is 1. The molecule has 0 atom stereocenters. The SMILES string of the molecule is CCOC(=O)CCN(CCOc1ccc(OC)cc1)C(=O)Nc1ccccc1. The van der Waals surface area contributed by atoms with E-state index >= 15 is 0 Å². The quantitative estimate of drug-likeness (QED) is 0.632. The topological polar surface area (TPSA) is 77.1 Å². The molecule has 150 valence electrons. The van der Waals surface area contributed by atoms with E-state index in [4.69, 9.17) is 14.2 Å². The molecule has 0 aliphatic rings. The van der Waals surface area contributed by atoms with Crippen LogP contribution in [0.4, 0.5) is 10.5 Å². The first-order valence-electron chi connectivity index (χ1n) is 9.15. The first-order chi connectivity index (χ1) is 13.6. The van der Waals surface area contributed by atoms with Crippen molar-refractivity contribution in [2.75, 3.05) is 38.7 Å². The third-order valence-corrected chi connectivity index (χ3v) is 3.89. The van der Waals surface area contributed by atoms with Crippen LogP contribution < -0.4 is 14.8 Å². The van der Waals surface area contributed by atoms with Crippen LogP contribution in [-0.4, -0.2) is 50.3 Å². The molecule has 7 heteroatoms. The second kappa shape index (κ2) is 11.5. The summed E-state index contributed by atoms with van der Waals surface area (Å²) >= 11 is 0. The number of esters is 1. The van der Waals surface area contributed by atoms with Gasteiger partial charge in [-0.2, -0.15) is 0 Å². The van der Waals surface area contributed by atoms with Gasteiger partial charge in [-0.25, -0.2) is 4.79 Å². The van der Waals surface area contributed by atoms with Gasteiger partial charge in [0.05, 0.1) is 26.7 Å². The van der Waals surface area contributed by atoms with Gasteiger partial charge in [0, 0.05) is 12.2 Å². The maximum absolute atomic E-state index is 12.6. The summed E-state index contributed by atoms with van der Waals surface area (Å²) in [7, 11) is 1.60. The zero-order valence-corrected chi connectivity index (χ0v) is 16.2. The monoisotopic (exact) mass is 386 g/mol. The van der Waals surface area contributed by atoms with E-state index in [0.717, 1.165) is 5.75 Å². The molecule has 0 saturated heterocycles. The number of hydrogen-bond acceptors (Lipinski definition) is 5. The largest absolute Gasteiger partial charge is 0.497 e. The predicted molar refractivity (Wildman–Crippen MR) is 107 cm³/mol. The zero-order chi connectivity index (χ0) is 20.2. The first kappa shape index (κ1) is 21.1. The molecule has 0 bridgehead atoms. The normalized spacial score (nSPS) is 10.1. The Balaban J connectivity index is 1.91. The number of benzene rings is 2. The van der Waals surface area contributed by atoms with Gasteiger partial charge in [0.1, 0.15) is 18.1 Å². The summed E-state index contributed by atoms with van der Waals surface area (Å²) in [6.45, 7) is 2.92. The number of carbonyl (C=O) groups excluding carboxylic acids is 2. The lowest BCUT2D eigenvalue weighted by molar-refractivity contribution is -0.143. The third kappa shape index (κ3) is 7.19. The van der Waals surface area contributed by atoms with Crippen molar-refractivity contribution in [3.05, 3.63) is 54.6 Å². The molecule has 2 amide bonds. The van der Waals surface area contributed by atoms with Crippen molar-refractivity contribution < 1.29 is 23.8 Å². The predicted octanol–water partition coefficient (Wildman–Crippen LogP) is 3.56. The van der Waals surface area contributed by atoms with Crippen LogP contribution in [-0.2, 0) is 9.53 Å². The Morgan fingerprint density at radius 1 is 0.964 bits per heavy atom. The van der Waals surface area contributed by atoms with Crippen molar-refractivity contribution in [1.82, 2.24) is 4.90 Å². The molecule has 1 N–H and O–H groups in total. The Labute approximate surface area is 165 Å². The molecule has 0 aliphatic carbocycles. The first-order valence-corrected chi connectivity index (χ1v) is 9.15. The highest BCUT2D eigenvalue weighted by Gasteiger charge is 2.16. The summed E-state index contributed by atoms with van der Waals surface area (Å²) in [6.07, 6.45) is 0.124. The Kier molecular flexibility index (Phi) is 8.65. The zero-order valence-electron chi connectivity index (χ0n) is 16.2. The Bertz CT molecular complexity index is 734. The molecule has 0 unspecified atom stereocenters. The number of nitrogens with zero attached hydrogens (tertiary/aromatic N) is 1. The van der Waals surface area contributed by atoms with Crippen LogP contribution in [0.2, 0.25) is 0 Å². The molecule has 0 spiro atoms. The lowest BCUT2D eigenvalue weighted by Gasteiger charge is -2.23. The number of ether oxygens (including phenoxy) is 3. The van der Waals surface area contributed by atoms with Crippen LogP contribution in [0.3, 0.4) is 0 Å². The number of rotatable bonds is 10. The fraction of sp³-hybridized carbons (Fsp3) is 0.333. The minimum atomic E-state index is -0.337. The fourth-order valence-electron chi connectivity index (χ4n) is 2.44. The van der Waals surface area contributed by atoms with E-state index in [1.165, 1.54) is 4.90 Å². The number of para-hydroxylation sites is 1. The summed E-state index contributed by atoms with van der Waals surface area (Å²) in [5.74, 6) is 1.08. The maximum atomic E-state index is 12.6. The lowest BCUT2D eigenvalue weighted by Crippen LogP contribution is -2.39. The molecule has 0 heterocycles. The van der Waals surface area contributed by atoms with Crippen molar-refractivity contribution in [2.45, 2.75) is 13.3 Å². The van der Waals surface area contributed by atoms with E-state index in [1.54, 1.807) is 50.4 Å². The molecule has 2 aromatic carbocycles. The van der Waals surface area contributed by atoms with E-state index in [9.17, 15) is 9.59 Å². The van der Waals surface area contributed by atoms with E-state index in [0.29, 0.717) is 24.6 Å². The second-order valence-electron chi connectivity index (χ2n) is 5.86. The van der Waals surface area contributed by atoms with Crippen LogP contribution in [0, 0.1) is 0 Å². The highest BCUT2D eigenvalue weighted by molar-refractivity contribution is 5.89. The molecular formula is C21H26N2O5. The van der Waals surface area contributed by atoms with Crippen molar-refractivity contribution >= 4 is 17.7 Å². The van der Waals surface area contributed by atoms with E-state index < -0.39 is 0 Å². The van der Waals surface area contributed by atoms with Crippen molar-refractivity contribution in [3.63, 3.8) is 0 Å². The summed E-state index contributed by atoms with van der Waals surface area (Å²) in [5, 5.41) is 2.82. The lowest BCUT2D eigenvalue weighted by atomic mass is 10.3. The molecule has 0 saturated carbocycles. The second-order valence-corrected chi connectivity index (χ2v) is 5.86. The summed E-state index contributed by atoms with van der Waals surface area (Å²) in [6, 6.07) is 16.1. The van der Waals surface area contributed by atoms with Crippen molar-refractivity contribution in [2.24, 2.45) is 0 Å². The molecule has 2 aromatic rings. The third-order valence-electron chi connectivity index (χ3n) is 3.89. The summed E-state index contributed by atoms with van der Waals surface area (Å²) < 4.78 is 15.8. The number of hydrogen-bond donors (Lipinski definition) is 1. The molecule has 28 heavy (non-hydrogen) atoms. The van der Waals surface area contributed by atoms with Gasteiger partial charge in [-0.05, 0) is 43.3 Å². The Morgan fingerprint density at radius 3 is 2.29 bits per heavy atom. The Hall–Kier alpha value is -3.22. The molecule has 2 rings (SSSR count). The molecule has 0 aliphatic heterocycles. The van der Waals surface area contributed by atoms with Gasteiger partial charge in [0.2, 0.25) is 0 Å². The summed E-state index contributed by atoms with van der Waals surface area (Å²) in [4.78, 5) is 25.8. The number of nitrogens with one attached hydrogen (secondary N) is 1. The average molecular weight is 386 g/mol. The van der Waals surface area contributed by atoms with Crippen LogP contribution in [0.1, 0.15) is 13.3 Å². The van der Waals surface area contributed by atoms with Gasteiger partial charge in [-0.3, -0.25) is 4.79 Å². The van der Waals surface area contributed by atoms with Gasteiger partial charge in [0.15, 0.2) is 0 Å². The van der Waals surface area contributed by atoms with E-state index in [2.05, 4.69) is 5.32 Å². The summed E-state index contributed by atoms with van der Waals surface area (Å²) in [5.41, 5.74) is 0.685. The van der Waals surface area contributed by atoms with Crippen LogP contribution in [0.15, 0.2) is 54.6 Å². The molecule has 7 nitrogen and oxygen atoms in total. The number of urea groups is 1. The van der Waals surface area contributed by atoms with E-state index in [1.807, 2.05) is 18.2 Å². The van der Waals surface area contributed by atoms with Crippen molar-refractivity contribution in [3.8, 4) is 11.5 Å². The van der Waals surface area contributed by atoms with Crippen LogP contribution in [0.25, 0.3) is 0 Å². The van der Waals surface area contributed by atoms with E-state index in [-0.39, 0.29) is 31.6 Å². The van der Waals surface area contributed by atoms with Gasteiger partial charge >= 0.3 is 12.0 Å². The van der Waals surface area contributed by atoms with Crippen molar-refractivity contribution in [1.29, 1.82) is 0 Å². The molecular weight excluding hydrogens is 360 g/mol. The Morgan fingerprint density at radius 2 is 1.64 bits per heavy atom. The standard InChI is InChI=1S/C21H26N2O5/c1-3-27-20(24)13-14-23(21(25)22-17-7-5-4-6-8-17)15-16-28-19-11-9-18(26-2)10-12-19/h4-12H,3,13-16H2,1-2H3,(H,22,25). The number of carbonyl (C=O) groups is 2. The van der Waals surface area contributed by atoms with Gasteiger partial charge in [-0.1, -0.05) is 18.2 Å². The minimum Gasteiger partial charge on any atom is -0.497 e. The number of amides is 2. The van der Waals surface area contributed by atoms with Crippen LogP contribution in [0.5, 0.6) is 11.5 Å². The van der Waals surface area contributed by atoms with Gasteiger partial charge < -0.3 is 24.4 Å². The molecule has 0 radical (unpaired) electrons. The number of methoxy groups -OCH3 is 1. The van der Waals surface area contributed by atoms with Crippen LogP contribution >= 0.6 is 0 Å².